The van der Waals surface area contributed by atoms with E-state index < -0.39 is 0 Å². The Balaban J connectivity index is 1.51. The molecule has 0 heterocycles. The quantitative estimate of drug-likeness (QED) is 0.222. The van der Waals surface area contributed by atoms with Crippen molar-refractivity contribution in [2.45, 2.75) is 110 Å². The van der Waals surface area contributed by atoms with Crippen LogP contribution >= 0.6 is 0 Å². The molecule has 0 spiro atoms. The van der Waals surface area contributed by atoms with E-state index >= 15 is 0 Å². The molecule has 0 fully saturated rings. The lowest BCUT2D eigenvalue weighted by Gasteiger charge is -2.12. The van der Waals surface area contributed by atoms with Crippen LogP contribution in [0.15, 0.2) is 48.5 Å². The highest BCUT2D eigenvalue weighted by Gasteiger charge is 2.07. The zero-order valence-corrected chi connectivity index (χ0v) is 20.5. The summed E-state index contributed by atoms with van der Waals surface area (Å²) in [6, 6.07) is 16.2. The molecule has 0 saturated heterocycles. The molecule has 2 nitrogen and oxygen atoms in total. The van der Waals surface area contributed by atoms with Crippen molar-refractivity contribution >= 4 is 0 Å². The van der Waals surface area contributed by atoms with Gasteiger partial charge in [0.25, 0.3) is 0 Å². The van der Waals surface area contributed by atoms with Crippen LogP contribution in [-0.2, 0) is 12.8 Å². The minimum atomic E-state index is 0.504. The van der Waals surface area contributed by atoms with Crippen LogP contribution in [0.5, 0.6) is 11.5 Å². The Labute approximate surface area is 197 Å². The summed E-state index contributed by atoms with van der Waals surface area (Å²) in [5.41, 5.74) is 2.58. The number of hydrogen-bond donors (Lipinski definition) is 1. The molecular formula is C30H46O2. The summed E-state index contributed by atoms with van der Waals surface area (Å²) < 4.78 is 5.76. The molecule has 0 atom stereocenters. The zero-order chi connectivity index (χ0) is 22.7. The fourth-order valence-electron chi connectivity index (χ4n) is 4.41. The maximum atomic E-state index is 10.4. The van der Waals surface area contributed by atoms with Crippen molar-refractivity contribution in [3.05, 3.63) is 59.7 Å². The van der Waals surface area contributed by atoms with E-state index in [0.717, 1.165) is 31.6 Å². The lowest BCUT2D eigenvalue weighted by Crippen LogP contribution is -1.97. The number of phenols is 1. The van der Waals surface area contributed by atoms with Gasteiger partial charge in [0.15, 0.2) is 0 Å². The Bertz CT molecular complexity index is 695. The third kappa shape index (κ3) is 11.6. The molecule has 0 aliphatic rings. The van der Waals surface area contributed by atoms with E-state index in [4.69, 9.17) is 4.74 Å². The van der Waals surface area contributed by atoms with Gasteiger partial charge < -0.3 is 9.84 Å². The third-order valence-electron chi connectivity index (χ3n) is 6.38. The first-order valence-electron chi connectivity index (χ1n) is 13.3. The Morgan fingerprint density at radius 2 is 1.19 bits per heavy atom. The van der Waals surface area contributed by atoms with Gasteiger partial charge in [-0.2, -0.15) is 0 Å². The van der Waals surface area contributed by atoms with Crippen LogP contribution in [0, 0.1) is 0 Å². The molecule has 1 N–H and O–H groups in total. The fraction of sp³-hybridized carbons (Fsp3) is 0.600. The summed E-state index contributed by atoms with van der Waals surface area (Å²) in [4.78, 5) is 0. The molecule has 2 aromatic rings. The van der Waals surface area contributed by atoms with E-state index in [9.17, 15) is 5.11 Å². The van der Waals surface area contributed by atoms with E-state index in [1.165, 1.54) is 94.6 Å². The summed E-state index contributed by atoms with van der Waals surface area (Å²) in [6.07, 6.45) is 20.2. The van der Waals surface area contributed by atoms with Crippen molar-refractivity contribution < 1.29 is 9.84 Å². The molecule has 32 heavy (non-hydrogen) atoms. The van der Waals surface area contributed by atoms with Gasteiger partial charge in [-0.25, -0.2) is 0 Å². The molecule has 0 saturated carbocycles. The normalized spacial score (nSPS) is 11.0. The van der Waals surface area contributed by atoms with Crippen molar-refractivity contribution in [3.8, 4) is 11.5 Å². The van der Waals surface area contributed by atoms with E-state index in [2.05, 4.69) is 13.0 Å². The number of unbranched alkanes of at least 4 members (excludes halogenated alkanes) is 12. The predicted molar refractivity (Wildman–Crippen MR) is 138 cm³/mol. The number of ether oxygens (including phenoxy) is 1. The second kappa shape index (κ2) is 17.6. The van der Waals surface area contributed by atoms with E-state index in [1.807, 2.05) is 42.5 Å². The van der Waals surface area contributed by atoms with Gasteiger partial charge in [0, 0.05) is 0 Å². The van der Waals surface area contributed by atoms with Crippen LogP contribution in [0.3, 0.4) is 0 Å². The van der Waals surface area contributed by atoms with Crippen molar-refractivity contribution in [2.75, 3.05) is 6.61 Å². The van der Waals surface area contributed by atoms with Crippen LogP contribution in [0.4, 0.5) is 0 Å². The van der Waals surface area contributed by atoms with Gasteiger partial charge in [0.05, 0.1) is 6.61 Å². The van der Waals surface area contributed by atoms with Crippen molar-refractivity contribution in [1.82, 2.24) is 0 Å². The molecule has 178 valence electrons. The highest BCUT2D eigenvalue weighted by Crippen LogP contribution is 2.25. The van der Waals surface area contributed by atoms with Gasteiger partial charge >= 0.3 is 0 Å². The molecule has 2 aromatic carbocycles. The van der Waals surface area contributed by atoms with Gasteiger partial charge in [-0.05, 0) is 61.4 Å². The van der Waals surface area contributed by atoms with Crippen molar-refractivity contribution in [2.24, 2.45) is 0 Å². The summed E-state index contributed by atoms with van der Waals surface area (Å²) in [5, 5.41) is 10.4. The number of phenolic OH excluding ortho intramolecular Hbond substituents is 1. The molecule has 2 rings (SSSR count). The molecule has 0 aromatic heterocycles. The van der Waals surface area contributed by atoms with Gasteiger partial charge in [0.2, 0.25) is 0 Å². The summed E-state index contributed by atoms with van der Waals surface area (Å²) >= 11 is 0. The zero-order valence-electron chi connectivity index (χ0n) is 20.5. The maximum absolute atomic E-state index is 10.4. The lowest BCUT2D eigenvalue weighted by atomic mass is 9.95. The standard InChI is InChI=1S/C30H46O2/c1-2-3-4-5-7-10-14-20-27-21-19-25-30(31)29(27)24-17-11-8-6-9-12-18-26-32-28-22-15-13-16-23-28/h13,15-16,19,21-23,25,31H,2-12,14,17-18,20,24,26H2,1H3. The highest BCUT2D eigenvalue weighted by molar-refractivity contribution is 5.39. The van der Waals surface area contributed by atoms with Crippen molar-refractivity contribution in [1.29, 1.82) is 0 Å². The number of benzene rings is 2. The average molecular weight is 439 g/mol. The largest absolute Gasteiger partial charge is 0.508 e. The predicted octanol–water partition coefficient (Wildman–Crippen LogP) is 9.04. The Kier molecular flexibility index (Phi) is 14.4. The molecule has 0 radical (unpaired) electrons. The average Bonchev–Trinajstić information content (AvgIpc) is 2.81. The molecule has 0 aliphatic carbocycles. The first-order chi connectivity index (χ1) is 15.8. The molecule has 0 amide bonds. The van der Waals surface area contributed by atoms with Crippen LogP contribution in [0.25, 0.3) is 0 Å². The first kappa shape index (κ1) is 26.3. The van der Waals surface area contributed by atoms with E-state index in [0.29, 0.717) is 5.75 Å². The minimum absolute atomic E-state index is 0.504. The number of hydrogen-bond acceptors (Lipinski definition) is 2. The summed E-state index contributed by atoms with van der Waals surface area (Å²) in [5.74, 6) is 1.48. The summed E-state index contributed by atoms with van der Waals surface area (Å²) in [6.45, 7) is 3.09. The van der Waals surface area contributed by atoms with Crippen LogP contribution in [0.1, 0.15) is 108 Å². The Morgan fingerprint density at radius 3 is 1.88 bits per heavy atom. The monoisotopic (exact) mass is 438 g/mol. The van der Waals surface area contributed by atoms with Crippen LogP contribution in [-0.4, -0.2) is 11.7 Å². The van der Waals surface area contributed by atoms with Crippen molar-refractivity contribution in [3.63, 3.8) is 0 Å². The van der Waals surface area contributed by atoms with Gasteiger partial charge in [0.1, 0.15) is 11.5 Å². The van der Waals surface area contributed by atoms with Gasteiger partial charge in [-0.3, -0.25) is 0 Å². The molecular weight excluding hydrogens is 392 g/mol. The molecule has 2 heteroatoms. The van der Waals surface area contributed by atoms with E-state index in [1.54, 1.807) is 0 Å². The summed E-state index contributed by atoms with van der Waals surface area (Å²) in [7, 11) is 0. The fourth-order valence-corrected chi connectivity index (χ4v) is 4.41. The number of rotatable bonds is 19. The second-order valence-corrected chi connectivity index (χ2v) is 9.17. The van der Waals surface area contributed by atoms with Gasteiger partial charge in [-0.1, -0.05) is 108 Å². The number of para-hydroxylation sites is 1. The lowest BCUT2D eigenvalue weighted by molar-refractivity contribution is 0.304. The molecule has 0 aliphatic heterocycles. The minimum Gasteiger partial charge on any atom is -0.508 e. The van der Waals surface area contributed by atoms with Crippen LogP contribution < -0.4 is 4.74 Å². The van der Waals surface area contributed by atoms with Gasteiger partial charge in [-0.15, -0.1) is 0 Å². The van der Waals surface area contributed by atoms with Crippen LogP contribution in [0.2, 0.25) is 0 Å². The van der Waals surface area contributed by atoms with E-state index in [-0.39, 0.29) is 0 Å². The smallest absolute Gasteiger partial charge is 0.119 e. The molecule has 0 unspecified atom stereocenters. The first-order valence-corrected chi connectivity index (χ1v) is 13.3. The SMILES string of the molecule is CCCCCCCCCc1cccc(O)c1CCCCCCCCCOc1ccccc1. The second-order valence-electron chi connectivity index (χ2n) is 9.17. The third-order valence-corrected chi connectivity index (χ3v) is 6.38. The number of aromatic hydroxyl groups is 1. The maximum Gasteiger partial charge on any atom is 0.119 e. The number of aryl methyl sites for hydroxylation is 1. The molecule has 0 bridgehead atoms. The Morgan fingerprint density at radius 1 is 0.594 bits per heavy atom. The Hall–Kier alpha value is -1.96. The highest BCUT2D eigenvalue weighted by atomic mass is 16.5. The topological polar surface area (TPSA) is 29.5 Å².